The topological polar surface area (TPSA) is 101 Å². The minimum atomic E-state index is -0.433. The highest BCUT2D eigenvalue weighted by Crippen LogP contribution is 2.24. The van der Waals surface area contributed by atoms with Gasteiger partial charge in [-0.05, 0) is 18.4 Å². The second-order valence-electron chi connectivity index (χ2n) is 7.04. The Morgan fingerprint density at radius 3 is 2.62 bits per heavy atom. The SMILES string of the molecule is O=C(CSc1nnc(N2CCOCC2)n1Cc1ccccc1)NC(=O)NC1CC1. The van der Waals surface area contributed by atoms with Crippen LogP contribution in [0.2, 0.25) is 0 Å². The summed E-state index contributed by atoms with van der Waals surface area (Å²) >= 11 is 1.28. The number of morpholine rings is 1. The molecule has 4 rings (SSSR count). The third kappa shape index (κ3) is 5.48. The molecule has 1 saturated carbocycles. The molecular formula is C19H24N6O3S. The molecule has 1 aromatic carbocycles. The van der Waals surface area contributed by atoms with Gasteiger partial charge in [0, 0.05) is 19.1 Å². The maximum absolute atomic E-state index is 12.1. The summed E-state index contributed by atoms with van der Waals surface area (Å²) in [6, 6.07) is 9.84. The van der Waals surface area contributed by atoms with Crippen molar-refractivity contribution < 1.29 is 14.3 Å². The number of amides is 3. The number of rotatable bonds is 7. The fraction of sp³-hybridized carbons (Fsp3) is 0.474. The number of thioether (sulfide) groups is 1. The van der Waals surface area contributed by atoms with Crippen LogP contribution >= 0.6 is 11.8 Å². The Hall–Kier alpha value is -2.59. The molecule has 29 heavy (non-hydrogen) atoms. The maximum Gasteiger partial charge on any atom is 0.321 e. The van der Waals surface area contributed by atoms with Crippen LogP contribution in [-0.4, -0.2) is 64.8 Å². The lowest BCUT2D eigenvalue weighted by atomic mass is 10.2. The molecule has 1 aliphatic heterocycles. The van der Waals surface area contributed by atoms with E-state index in [1.165, 1.54) is 11.8 Å². The van der Waals surface area contributed by atoms with E-state index >= 15 is 0 Å². The number of nitrogens with one attached hydrogen (secondary N) is 2. The van der Waals surface area contributed by atoms with E-state index < -0.39 is 6.03 Å². The lowest BCUT2D eigenvalue weighted by Gasteiger charge is -2.28. The molecular weight excluding hydrogens is 392 g/mol. The lowest BCUT2D eigenvalue weighted by molar-refractivity contribution is -0.117. The van der Waals surface area contributed by atoms with Gasteiger partial charge in [0.2, 0.25) is 11.9 Å². The van der Waals surface area contributed by atoms with Crippen molar-refractivity contribution in [2.24, 2.45) is 0 Å². The Morgan fingerprint density at radius 2 is 1.90 bits per heavy atom. The molecule has 0 unspecified atom stereocenters. The first-order valence-electron chi connectivity index (χ1n) is 9.72. The molecule has 1 aliphatic carbocycles. The zero-order chi connectivity index (χ0) is 20.1. The molecule has 10 heteroatoms. The summed E-state index contributed by atoms with van der Waals surface area (Å²) in [4.78, 5) is 26.0. The molecule has 0 radical (unpaired) electrons. The molecule has 3 amide bonds. The summed E-state index contributed by atoms with van der Waals surface area (Å²) in [6.07, 6.45) is 1.95. The molecule has 9 nitrogen and oxygen atoms in total. The van der Waals surface area contributed by atoms with Crippen molar-refractivity contribution >= 4 is 29.6 Å². The molecule has 2 aliphatic rings. The van der Waals surface area contributed by atoms with Gasteiger partial charge < -0.3 is 15.0 Å². The van der Waals surface area contributed by atoms with E-state index in [9.17, 15) is 9.59 Å². The summed E-state index contributed by atoms with van der Waals surface area (Å²) in [5, 5.41) is 14.4. The standard InChI is InChI=1S/C19H24N6O3S/c26-16(21-17(27)20-15-6-7-15)13-29-19-23-22-18(24-8-10-28-11-9-24)25(19)12-14-4-2-1-3-5-14/h1-5,15H,6-13H2,(H2,20,21,26,27). The van der Waals surface area contributed by atoms with E-state index in [-0.39, 0.29) is 17.7 Å². The average Bonchev–Trinajstić information content (AvgIpc) is 3.46. The number of carbonyl (C=O) groups excluding carboxylic acids is 2. The minimum absolute atomic E-state index is 0.0914. The second kappa shape index (κ2) is 9.27. The molecule has 1 saturated heterocycles. The number of anilines is 1. The van der Waals surface area contributed by atoms with E-state index in [4.69, 9.17) is 4.74 Å². The Kier molecular flexibility index (Phi) is 6.30. The van der Waals surface area contributed by atoms with E-state index in [0.717, 1.165) is 37.4 Å². The van der Waals surface area contributed by atoms with E-state index in [2.05, 4.69) is 25.7 Å². The van der Waals surface area contributed by atoms with Gasteiger partial charge in [0.05, 0.1) is 25.5 Å². The van der Waals surface area contributed by atoms with Crippen LogP contribution in [0.5, 0.6) is 0 Å². The Bertz CT molecular complexity index is 849. The molecule has 0 bridgehead atoms. The Balaban J connectivity index is 1.44. The Labute approximate surface area is 173 Å². The van der Waals surface area contributed by atoms with Crippen molar-refractivity contribution in [1.29, 1.82) is 0 Å². The number of urea groups is 1. The van der Waals surface area contributed by atoms with Crippen molar-refractivity contribution in [1.82, 2.24) is 25.4 Å². The zero-order valence-corrected chi connectivity index (χ0v) is 16.9. The van der Waals surface area contributed by atoms with Crippen LogP contribution in [-0.2, 0) is 16.1 Å². The highest BCUT2D eigenvalue weighted by atomic mass is 32.2. The first-order valence-corrected chi connectivity index (χ1v) is 10.7. The third-order valence-corrected chi connectivity index (χ3v) is 5.64. The molecule has 2 heterocycles. The van der Waals surface area contributed by atoms with Crippen molar-refractivity contribution in [3.63, 3.8) is 0 Å². The number of hydrogen-bond acceptors (Lipinski definition) is 7. The van der Waals surface area contributed by atoms with Crippen LogP contribution in [0.25, 0.3) is 0 Å². The van der Waals surface area contributed by atoms with Gasteiger partial charge in [-0.1, -0.05) is 42.1 Å². The van der Waals surface area contributed by atoms with Crippen LogP contribution in [0.3, 0.4) is 0 Å². The average molecular weight is 417 g/mol. The number of aromatic nitrogens is 3. The summed E-state index contributed by atoms with van der Waals surface area (Å²) in [5.41, 5.74) is 1.12. The summed E-state index contributed by atoms with van der Waals surface area (Å²) in [7, 11) is 0. The number of ether oxygens (including phenoxy) is 1. The largest absolute Gasteiger partial charge is 0.378 e. The highest BCUT2D eigenvalue weighted by molar-refractivity contribution is 7.99. The molecule has 0 atom stereocenters. The van der Waals surface area contributed by atoms with Gasteiger partial charge >= 0.3 is 6.03 Å². The molecule has 154 valence electrons. The summed E-state index contributed by atoms with van der Waals surface area (Å²) in [6.45, 7) is 3.41. The predicted octanol–water partition coefficient (Wildman–Crippen LogP) is 1.24. The van der Waals surface area contributed by atoms with Gasteiger partial charge in [-0.15, -0.1) is 10.2 Å². The van der Waals surface area contributed by atoms with Crippen molar-refractivity contribution in [3.05, 3.63) is 35.9 Å². The number of benzene rings is 1. The van der Waals surface area contributed by atoms with E-state index in [1.807, 2.05) is 34.9 Å². The smallest absolute Gasteiger partial charge is 0.321 e. The zero-order valence-electron chi connectivity index (χ0n) is 16.0. The lowest BCUT2D eigenvalue weighted by Crippen LogP contribution is -2.41. The highest BCUT2D eigenvalue weighted by Gasteiger charge is 2.24. The normalized spacial score (nSPS) is 16.5. The number of nitrogens with zero attached hydrogens (tertiary/aromatic N) is 4. The van der Waals surface area contributed by atoms with Crippen LogP contribution in [0.15, 0.2) is 35.5 Å². The summed E-state index contributed by atoms with van der Waals surface area (Å²) < 4.78 is 7.46. The van der Waals surface area contributed by atoms with Crippen molar-refractivity contribution in [3.8, 4) is 0 Å². The van der Waals surface area contributed by atoms with Crippen LogP contribution in [0.4, 0.5) is 10.7 Å². The van der Waals surface area contributed by atoms with E-state index in [0.29, 0.717) is 24.9 Å². The molecule has 1 aromatic heterocycles. The molecule has 2 aromatic rings. The fourth-order valence-electron chi connectivity index (χ4n) is 3.03. The fourth-order valence-corrected chi connectivity index (χ4v) is 3.76. The summed E-state index contributed by atoms with van der Waals surface area (Å²) in [5.74, 6) is 0.510. The molecule has 0 spiro atoms. The quantitative estimate of drug-likeness (QED) is 0.655. The van der Waals surface area contributed by atoms with Gasteiger partial charge in [-0.2, -0.15) is 0 Å². The van der Waals surface area contributed by atoms with Gasteiger partial charge in [-0.25, -0.2) is 4.79 Å². The third-order valence-electron chi connectivity index (χ3n) is 4.67. The van der Waals surface area contributed by atoms with Gasteiger partial charge in [-0.3, -0.25) is 14.7 Å². The first-order chi connectivity index (χ1) is 14.2. The van der Waals surface area contributed by atoms with E-state index in [1.54, 1.807) is 0 Å². The van der Waals surface area contributed by atoms with Crippen LogP contribution in [0.1, 0.15) is 18.4 Å². The monoisotopic (exact) mass is 416 g/mol. The van der Waals surface area contributed by atoms with Crippen molar-refractivity contribution in [2.75, 3.05) is 37.0 Å². The minimum Gasteiger partial charge on any atom is -0.378 e. The maximum atomic E-state index is 12.1. The number of imide groups is 1. The number of carbonyl (C=O) groups is 2. The van der Waals surface area contributed by atoms with Crippen molar-refractivity contribution in [2.45, 2.75) is 30.6 Å². The number of hydrogen-bond donors (Lipinski definition) is 2. The second-order valence-corrected chi connectivity index (χ2v) is 7.98. The molecule has 2 fully saturated rings. The van der Waals surface area contributed by atoms with Gasteiger partial charge in [0.1, 0.15) is 0 Å². The van der Waals surface area contributed by atoms with Gasteiger partial charge in [0.15, 0.2) is 5.16 Å². The Morgan fingerprint density at radius 1 is 1.14 bits per heavy atom. The van der Waals surface area contributed by atoms with Crippen LogP contribution < -0.4 is 15.5 Å². The molecule has 2 N–H and O–H groups in total. The first kappa shape index (κ1) is 19.7. The van der Waals surface area contributed by atoms with Gasteiger partial charge in [0.25, 0.3) is 0 Å². The predicted molar refractivity (Wildman–Crippen MR) is 109 cm³/mol. The van der Waals surface area contributed by atoms with Crippen LogP contribution in [0, 0.1) is 0 Å².